The second-order valence-corrected chi connectivity index (χ2v) is 2.66. The van der Waals surface area contributed by atoms with Gasteiger partial charge in [-0.2, -0.15) is 0 Å². The molecular weight excluding hydrogens is 231 g/mol. The van der Waals surface area contributed by atoms with Crippen molar-refractivity contribution in [3.8, 4) is 0 Å². The number of rotatable bonds is 2. The van der Waals surface area contributed by atoms with Crippen molar-refractivity contribution in [3.05, 3.63) is 34.3 Å². The molecule has 0 fully saturated rings. The van der Waals surface area contributed by atoms with Crippen molar-refractivity contribution in [2.24, 2.45) is 0 Å². The average Bonchev–Trinajstić information content (AvgIpc) is 2.03. The highest BCUT2D eigenvalue weighted by molar-refractivity contribution is 6.36. The molecule has 1 aromatic rings. The second kappa shape index (κ2) is 4.83. The standard InChI is InChI=1S/C8H5ClO4.ClH/c9-6-4(7(10)11)2-1-3-5(6)8(12)13;/h1-3H,(H,10,11)(H,12,13);1H. The summed E-state index contributed by atoms with van der Waals surface area (Å²) in [7, 11) is 0. The van der Waals surface area contributed by atoms with Crippen molar-refractivity contribution in [3.63, 3.8) is 0 Å². The van der Waals surface area contributed by atoms with Crippen LogP contribution in [0, 0.1) is 0 Å². The molecule has 1 aromatic carbocycles. The quantitative estimate of drug-likeness (QED) is 0.826. The molecule has 0 aliphatic heterocycles. The fraction of sp³-hybridized carbons (Fsp3) is 0. The lowest BCUT2D eigenvalue weighted by Crippen LogP contribution is -2.03. The fourth-order valence-electron chi connectivity index (χ4n) is 0.862. The summed E-state index contributed by atoms with van der Waals surface area (Å²) in [6, 6.07) is 3.83. The predicted molar refractivity (Wildman–Crippen MR) is 52.6 cm³/mol. The van der Waals surface area contributed by atoms with Crippen LogP contribution < -0.4 is 0 Å². The molecule has 0 amide bonds. The average molecular weight is 237 g/mol. The Kier molecular flexibility index (Phi) is 4.40. The van der Waals surface area contributed by atoms with Crippen LogP contribution in [0.4, 0.5) is 0 Å². The van der Waals surface area contributed by atoms with Crippen LogP contribution in [0.5, 0.6) is 0 Å². The van der Waals surface area contributed by atoms with Crippen molar-refractivity contribution in [2.45, 2.75) is 0 Å². The molecule has 2 N–H and O–H groups in total. The monoisotopic (exact) mass is 236 g/mol. The Hall–Kier alpha value is -1.26. The molecule has 0 atom stereocenters. The highest BCUT2D eigenvalue weighted by Gasteiger charge is 2.15. The first kappa shape index (κ1) is 12.7. The van der Waals surface area contributed by atoms with Crippen molar-refractivity contribution in [1.29, 1.82) is 0 Å². The van der Waals surface area contributed by atoms with Crippen LogP contribution >= 0.6 is 24.0 Å². The van der Waals surface area contributed by atoms with E-state index in [1.807, 2.05) is 0 Å². The first-order chi connectivity index (χ1) is 6.04. The van der Waals surface area contributed by atoms with Crippen molar-refractivity contribution in [2.75, 3.05) is 0 Å². The summed E-state index contributed by atoms with van der Waals surface area (Å²) in [6.07, 6.45) is 0. The van der Waals surface area contributed by atoms with Crippen molar-refractivity contribution in [1.82, 2.24) is 0 Å². The van der Waals surface area contributed by atoms with Gasteiger partial charge in [0.15, 0.2) is 0 Å². The van der Waals surface area contributed by atoms with E-state index >= 15 is 0 Å². The van der Waals surface area contributed by atoms with Gasteiger partial charge in [0.1, 0.15) is 0 Å². The Morgan fingerprint density at radius 1 is 1.07 bits per heavy atom. The van der Waals surface area contributed by atoms with Gasteiger partial charge >= 0.3 is 11.9 Å². The molecule has 0 saturated heterocycles. The molecule has 0 aromatic heterocycles. The third kappa shape index (κ3) is 2.37. The predicted octanol–water partition coefficient (Wildman–Crippen LogP) is 2.16. The van der Waals surface area contributed by atoms with Crippen LogP contribution in [0.3, 0.4) is 0 Å². The van der Waals surface area contributed by atoms with Gasteiger partial charge < -0.3 is 10.2 Å². The number of carbonyl (C=O) groups is 2. The zero-order chi connectivity index (χ0) is 10.0. The number of hydrogen-bond donors (Lipinski definition) is 2. The van der Waals surface area contributed by atoms with Gasteiger partial charge in [0, 0.05) is 0 Å². The van der Waals surface area contributed by atoms with E-state index in [2.05, 4.69) is 0 Å². The van der Waals surface area contributed by atoms with Crippen LogP contribution in [0.1, 0.15) is 20.7 Å². The molecule has 0 spiro atoms. The SMILES string of the molecule is Cl.O=C(O)c1cccc(C(=O)O)c1Cl. The van der Waals surface area contributed by atoms with Gasteiger partial charge in [0.25, 0.3) is 0 Å². The van der Waals surface area contributed by atoms with Crippen LogP contribution in [0.25, 0.3) is 0 Å². The van der Waals surface area contributed by atoms with Gasteiger partial charge in [-0.25, -0.2) is 9.59 Å². The Balaban J connectivity index is 0.00000169. The topological polar surface area (TPSA) is 74.6 Å². The fourth-order valence-corrected chi connectivity index (χ4v) is 1.15. The molecular formula is C8H6Cl2O4. The molecule has 1 rings (SSSR count). The first-order valence-corrected chi connectivity index (χ1v) is 3.67. The van der Waals surface area contributed by atoms with Crippen LogP contribution in [-0.4, -0.2) is 22.2 Å². The maximum absolute atomic E-state index is 10.5. The third-order valence-corrected chi connectivity index (χ3v) is 1.87. The van der Waals surface area contributed by atoms with E-state index in [1.54, 1.807) is 0 Å². The minimum absolute atomic E-state index is 0. The molecule has 76 valence electrons. The number of hydrogen-bond acceptors (Lipinski definition) is 2. The molecule has 0 saturated carbocycles. The van der Waals surface area contributed by atoms with Crippen LogP contribution in [0.2, 0.25) is 5.02 Å². The smallest absolute Gasteiger partial charge is 0.337 e. The van der Waals surface area contributed by atoms with E-state index in [-0.39, 0.29) is 28.6 Å². The molecule has 4 nitrogen and oxygen atoms in total. The number of aromatic carboxylic acids is 2. The summed E-state index contributed by atoms with van der Waals surface area (Å²) < 4.78 is 0. The number of halogens is 2. The largest absolute Gasteiger partial charge is 0.478 e. The van der Waals surface area contributed by atoms with E-state index in [0.29, 0.717) is 0 Å². The van der Waals surface area contributed by atoms with E-state index in [1.165, 1.54) is 18.2 Å². The summed E-state index contributed by atoms with van der Waals surface area (Å²) in [5.41, 5.74) is -0.414. The van der Waals surface area contributed by atoms with Gasteiger partial charge in [-0.3, -0.25) is 0 Å². The summed E-state index contributed by atoms with van der Waals surface area (Å²) in [4.78, 5) is 21.0. The Morgan fingerprint density at radius 2 is 1.43 bits per heavy atom. The zero-order valence-electron chi connectivity index (χ0n) is 6.73. The van der Waals surface area contributed by atoms with Crippen LogP contribution in [0.15, 0.2) is 18.2 Å². The molecule has 14 heavy (non-hydrogen) atoms. The molecule has 0 heterocycles. The molecule has 0 aliphatic rings. The minimum Gasteiger partial charge on any atom is -0.478 e. The third-order valence-electron chi connectivity index (χ3n) is 1.46. The Labute approximate surface area is 90.5 Å². The van der Waals surface area contributed by atoms with Crippen molar-refractivity contribution < 1.29 is 19.8 Å². The lowest BCUT2D eigenvalue weighted by Gasteiger charge is -2.01. The highest BCUT2D eigenvalue weighted by atomic mass is 35.5. The lowest BCUT2D eigenvalue weighted by atomic mass is 10.1. The zero-order valence-corrected chi connectivity index (χ0v) is 8.30. The van der Waals surface area contributed by atoms with Gasteiger partial charge in [0.05, 0.1) is 16.1 Å². The Morgan fingerprint density at radius 3 is 1.71 bits per heavy atom. The first-order valence-electron chi connectivity index (χ1n) is 3.29. The van der Waals surface area contributed by atoms with Gasteiger partial charge in [-0.1, -0.05) is 17.7 Å². The maximum Gasteiger partial charge on any atom is 0.337 e. The maximum atomic E-state index is 10.5. The molecule has 0 radical (unpaired) electrons. The Bertz CT molecular complexity index is 343. The van der Waals surface area contributed by atoms with Gasteiger partial charge in [0.2, 0.25) is 0 Å². The van der Waals surface area contributed by atoms with Gasteiger partial charge in [-0.15, -0.1) is 12.4 Å². The summed E-state index contributed by atoms with van der Waals surface area (Å²) in [5.74, 6) is -2.48. The molecule has 0 bridgehead atoms. The lowest BCUT2D eigenvalue weighted by molar-refractivity contribution is 0.0696. The van der Waals surface area contributed by atoms with Crippen LogP contribution in [-0.2, 0) is 0 Å². The number of benzene rings is 1. The number of carboxylic acids is 2. The minimum atomic E-state index is -1.24. The summed E-state index contributed by atoms with van der Waals surface area (Å²) in [6.45, 7) is 0. The second-order valence-electron chi connectivity index (χ2n) is 2.28. The summed E-state index contributed by atoms with van der Waals surface area (Å²) in [5, 5.41) is 16.9. The molecule has 6 heteroatoms. The summed E-state index contributed by atoms with van der Waals surface area (Å²) >= 11 is 5.54. The molecule has 0 unspecified atom stereocenters. The number of carboxylic acid groups (broad SMARTS) is 2. The van der Waals surface area contributed by atoms with E-state index in [9.17, 15) is 9.59 Å². The van der Waals surface area contributed by atoms with E-state index < -0.39 is 11.9 Å². The van der Waals surface area contributed by atoms with Crippen molar-refractivity contribution >= 4 is 35.9 Å². The van der Waals surface area contributed by atoms with Gasteiger partial charge in [-0.05, 0) is 12.1 Å². The normalized spacial score (nSPS) is 8.93. The van der Waals surface area contributed by atoms with E-state index in [4.69, 9.17) is 21.8 Å². The highest BCUT2D eigenvalue weighted by Crippen LogP contribution is 2.20. The molecule has 0 aliphatic carbocycles. The van der Waals surface area contributed by atoms with E-state index in [0.717, 1.165) is 0 Å².